The van der Waals surface area contributed by atoms with Gasteiger partial charge in [0, 0.05) is 5.41 Å². The van der Waals surface area contributed by atoms with Crippen molar-refractivity contribution in [2.75, 3.05) is 0 Å². The Hall–Kier alpha value is -1.11. The van der Waals surface area contributed by atoms with Gasteiger partial charge in [-0.25, -0.2) is 0 Å². The molecule has 0 spiro atoms. The Morgan fingerprint density at radius 3 is 2.73 bits per heavy atom. The molecular weight excluding hydrogens is 268 g/mol. The fourth-order valence-corrected chi connectivity index (χ4v) is 6.43. The van der Waals surface area contributed by atoms with Gasteiger partial charge >= 0.3 is 0 Å². The van der Waals surface area contributed by atoms with E-state index in [-0.39, 0.29) is 11.2 Å². The van der Waals surface area contributed by atoms with Crippen molar-refractivity contribution in [2.24, 2.45) is 34.5 Å². The molecule has 1 heteroatoms. The second-order valence-electron chi connectivity index (χ2n) is 8.49. The molecule has 22 heavy (non-hydrogen) atoms. The minimum absolute atomic E-state index is 0.0823. The van der Waals surface area contributed by atoms with E-state index in [1.165, 1.54) is 37.7 Å². The third kappa shape index (κ3) is 1.74. The molecule has 0 aliphatic heterocycles. The lowest BCUT2D eigenvalue weighted by Crippen LogP contribution is -2.47. The number of ketones is 1. The second kappa shape index (κ2) is 4.69. The molecule has 6 atom stereocenters. The molecule has 4 aliphatic rings. The molecule has 4 rings (SSSR count). The first-order valence-electron chi connectivity index (χ1n) is 9.12. The number of allylic oxidation sites excluding steroid dienone is 6. The van der Waals surface area contributed by atoms with Crippen molar-refractivity contribution in [1.82, 2.24) is 0 Å². The maximum absolute atomic E-state index is 11.7. The highest BCUT2D eigenvalue weighted by atomic mass is 16.1. The lowest BCUT2D eigenvalue weighted by atomic mass is 9.49. The molecule has 0 N–H and O–H groups in total. The fourth-order valence-electron chi connectivity index (χ4n) is 6.43. The predicted octanol–water partition coefficient (Wildman–Crippen LogP) is 5.10. The zero-order valence-electron chi connectivity index (χ0n) is 14.1. The third-order valence-corrected chi connectivity index (χ3v) is 7.80. The first kappa shape index (κ1) is 14.5. The van der Waals surface area contributed by atoms with Crippen molar-refractivity contribution in [3.05, 3.63) is 36.0 Å². The van der Waals surface area contributed by atoms with Crippen LogP contribution in [0.5, 0.6) is 0 Å². The van der Waals surface area contributed by atoms with Gasteiger partial charge in [-0.1, -0.05) is 45.4 Å². The van der Waals surface area contributed by atoms with Crippen LogP contribution in [0, 0.1) is 34.5 Å². The Morgan fingerprint density at radius 1 is 1.14 bits per heavy atom. The molecule has 0 unspecified atom stereocenters. The van der Waals surface area contributed by atoms with E-state index in [9.17, 15) is 4.79 Å². The summed E-state index contributed by atoms with van der Waals surface area (Å²) in [4.78, 5) is 11.7. The third-order valence-electron chi connectivity index (χ3n) is 7.80. The van der Waals surface area contributed by atoms with Crippen molar-refractivity contribution < 1.29 is 4.79 Å². The SMILES string of the molecule is CC[C@@H]1CC[C@H]2[C@@H]3C=CC4=CC(=O)C=C[C@]4(C)[C@H]3CC[C@]12C. The van der Waals surface area contributed by atoms with Crippen LogP contribution < -0.4 is 0 Å². The van der Waals surface area contributed by atoms with Crippen LogP contribution in [0.4, 0.5) is 0 Å². The average Bonchev–Trinajstić information content (AvgIpc) is 2.84. The monoisotopic (exact) mass is 296 g/mol. The van der Waals surface area contributed by atoms with Gasteiger partial charge < -0.3 is 0 Å². The van der Waals surface area contributed by atoms with Crippen molar-refractivity contribution in [1.29, 1.82) is 0 Å². The molecule has 4 aliphatic carbocycles. The van der Waals surface area contributed by atoms with Gasteiger partial charge in [0.15, 0.2) is 5.78 Å². The standard InChI is InChI=1S/C21H28O/c1-4-14-6-8-18-17-7-5-15-13-16(22)9-11-21(15,3)19(17)10-12-20(14,18)2/h5,7,9,11,13-14,17-19H,4,6,8,10,12H2,1-3H3/t14-,17+,18+,19+,20-,21+/m1/s1. The van der Waals surface area contributed by atoms with E-state index >= 15 is 0 Å². The van der Waals surface area contributed by atoms with E-state index < -0.39 is 0 Å². The van der Waals surface area contributed by atoms with E-state index in [1.807, 2.05) is 6.08 Å². The van der Waals surface area contributed by atoms with Gasteiger partial charge in [0.1, 0.15) is 0 Å². The minimum Gasteiger partial charge on any atom is -0.290 e. The highest BCUT2D eigenvalue weighted by molar-refractivity contribution is 6.01. The number of carbonyl (C=O) groups is 1. The predicted molar refractivity (Wildman–Crippen MR) is 90.3 cm³/mol. The molecule has 0 saturated heterocycles. The normalized spacial score (nSPS) is 49.4. The summed E-state index contributed by atoms with van der Waals surface area (Å²) < 4.78 is 0. The average molecular weight is 296 g/mol. The topological polar surface area (TPSA) is 17.1 Å². The number of carbonyl (C=O) groups excluding carboxylic acids is 1. The summed E-state index contributed by atoms with van der Waals surface area (Å²) in [6.07, 6.45) is 17.5. The smallest absolute Gasteiger partial charge is 0.178 e. The summed E-state index contributed by atoms with van der Waals surface area (Å²) in [6.45, 7) is 7.30. The van der Waals surface area contributed by atoms with Crippen LogP contribution in [-0.4, -0.2) is 5.78 Å². The van der Waals surface area contributed by atoms with E-state index in [0.717, 1.165) is 11.8 Å². The first-order valence-corrected chi connectivity index (χ1v) is 9.12. The lowest BCUT2D eigenvalue weighted by molar-refractivity contribution is -0.110. The molecule has 0 amide bonds. The van der Waals surface area contributed by atoms with Crippen LogP contribution in [0.1, 0.15) is 52.9 Å². The van der Waals surface area contributed by atoms with Crippen LogP contribution in [0.3, 0.4) is 0 Å². The van der Waals surface area contributed by atoms with E-state index in [4.69, 9.17) is 0 Å². The molecule has 0 aromatic rings. The molecular formula is C21H28O. The molecule has 2 fully saturated rings. The molecule has 118 valence electrons. The number of fused-ring (bicyclic) bond motifs is 5. The lowest BCUT2D eigenvalue weighted by Gasteiger charge is -2.55. The highest BCUT2D eigenvalue weighted by Gasteiger charge is 2.56. The van der Waals surface area contributed by atoms with Gasteiger partial charge in [0.25, 0.3) is 0 Å². The molecule has 0 bridgehead atoms. The van der Waals surface area contributed by atoms with Crippen molar-refractivity contribution in [3.8, 4) is 0 Å². The molecule has 1 nitrogen and oxygen atoms in total. The minimum atomic E-state index is 0.0823. The van der Waals surface area contributed by atoms with E-state index in [2.05, 4.69) is 39.0 Å². The molecule has 0 aromatic carbocycles. The first-order chi connectivity index (χ1) is 10.5. The Labute approximate surface area is 134 Å². The van der Waals surface area contributed by atoms with Crippen LogP contribution in [0.25, 0.3) is 0 Å². The summed E-state index contributed by atoms with van der Waals surface area (Å²) in [7, 11) is 0. The van der Waals surface area contributed by atoms with Crippen LogP contribution in [0.2, 0.25) is 0 Å². The zero-order chi connectivity index (χ0) is 15.5. The summed E-state index contributed by atoms with van der Waals surface area (Å²) in [5, 5.41) is 0. The van der Waals surface area contributed by atoms with Gasteiger partial charge in [-0.05, 0) is 72.5 Å². The van der Waals surface area contributed by atoms with Gasteiger partial charge in [-0.2, -0.15) is 0 Å². The Kier molecular flexibility index (Phi) is 3.09. The Morgan fingerprint density at radius 2 is 1.95 bits per heavy atom. The van der Waals surface area contributed by atoms with Gasteiger partial charge in [0.05, 0.1) is 0 Å². The summed E-state index contributed by atoms with van der Waals surface area (Å²) in [6, 6.07) is 0. The Balaban J connectivity index is 1.74. The fraction of sp³-hybridized carbons (Fsp3) is 0.667. The maximum Gasteiger partial charge on any atom is 0.178 e. The maximum atomic E-state index is 11.7. The molecule has 0 radical (unpaired) electrons. The van der Waals surface area contributed by atoms with Crippen LogP contribution in [-0.2, 0) is 4.79 Å². The van der Waals surface area contributed by atoms with Gasteiger partial charge in [-0.15, -0.1) is 0 Å². The van der Waals surface area contributed by atoms with Gasteiger partial charge in [-0.3, -0.25) is 4.79 Å². The quantitative estimate of drug-likeness (QED) is 0.658. The molecule has 0 heterocycles. The number of hydrogen-bond acceptors (Lipinski definition) is 1. The zero-order valence-corrected chi connectivity index (χ0v) is 14.1. The highest BCUT2D eigenvalue weighted by Crippen LogP contribution is 2.64. The van der Waals surface area contributed by atoms with Crippen molar-refractivity contribution in [2.45, 2.75) is 52.9 Å². The van der Waals surface area contributed by atoms with Crippen molar-refractivity contribution in [3.63, 3.8) is 0 Å². The second-order valence-corrected chi connectivity index (χ2v) is 8.49. The van der Waals surface area contributed by atoms with E-state index in [0.29, 0.717) is 17.3 Å². The van der Waals surface area contributed by atoms with Crippen LogP contribution in [0.15, 0.2) is 36.0 Å². The molecule has 0 aromatic heterocycles. The van der Waals surface area contributed by atoms with E-state index in [1.54, 1.807) is 6.08 Å². The summed E-state index contributed by atoms with van der Waals surface area (Å²) in [5.74, 6) is 3.30. The Bertz CT molecular complexity index is 595. The molecule has 2 saturated carbocycles. The van der Waals surface area contributed by atoms with Crippen molar-refractivity contribution >= 4 is 5.78 Å². The van der Waals surface area contributed by atoms with Crippen LogP contribution >= 0.6 is 0 Å². The number of rotatable bonds is 1. The number of hydrogen-bond donors (Lipinski definition) is 0. The largest absolute Gasteiger partial charge is 0.290 e. The summed E-state index contributed by atoms with van der Waals surface area (Å²) >= 11 is 0. The van der Waals surface area contributed by atoms with Gasteiger partial charge in [0.2, 0.25) is 0 Å². The summed E-state index contributed by atoms with van der Waals surface area (Å²) in [5.41, 5.74) is 1.88.